The summed E-state index contributed by atoms with van der Waals surface area (Å²) in [5, 5.41) is 1.27. The highest BCUT2D eigenvalue weighted by Gasteiger charge is 2.20. The fourth-order valence-corrected chi connectivity index (χ4v) is 2.54. The number of aryl methyl sites for hydroxylation is 2. The van der Waals surface area contributed by atoms with Crippen LogP contribution in [-0.4, -0.2) is 11.1 Å². The van der Waals surface area contributed by atoms with Gasteiger partial charge in [-0.3, -0.25) is 0 Å². The van der Waals surface area contributed by atoms with Crippen LogP contribution in [0.25, 0.3) is 10.9 Å². The van der Waals surface area contributed by atoms with Crippen LogP contribution in [0, 0.1) is 13.8 Å². The highest BCUT2D eigenvalue weighted by Crippen LogP contribution is 2.33. The van der Waals surface area contributed by atoms with E-state index in [2.05, 4.69) is 44.0 Å². The normalized spacial score (nSPS) is 18.9. The topological polar surface area (TPSA) is 22.1 Å². The summed E-state index contributed by atoms with van der Waals surface area (Å²) >= 11 is 0. The van der Waals surface area contributed by atoms with Crippen molar-refractivity contribution in [1.29, 1.82) is 0 Å². The smallest absolute Gasteiger partial charge is 0.217 e. The van der Waals surface area contributed by atoms with E-state index in [1.807, 2.05) is 0 Å². The van der Waals surface area contributed by atoms with Gasteiger partial charge in [0.15, 0.2) is 0 Å². The first-order chi connectivity index (χ1) is 8.15. The van der Waals surface area contributed by atoms with Gasteiger partial charge in [0.25, 0.3) is 0 Å². The van der Waals surface area contributed by atoms with Gasteiger partial charge in [-0.1, -0.05) is 11.6 Å². The SMILES string of the molecule is Cc1ccc2nc3c(c(C)c2c1)CCC(C)O3. The lowest BCUT2D eigenvalue weighted by Crippen LogP contribution is -2.20. The molecule has 17 heavy (non-hydrogen) atoms. The van der Waals surface area contributed by atoms with Crippen LogP contribution in [0.2, 0.25) is 0 Å². The average molecular weight is 227 g/mol. The van der Waals surface area contributed by atoms with E-state index in [-0.39, 0.29) is 6.10 Å². The number of pyridine rings is 1. The highest BCUT2D eigenvalue weighted by molar-refractivity contribution is 5.84. The Kier molecular flexibility index (Phi) is 2.32. The van der Waals surface area contributed by atoms with Crippen LogP contribution in [0.5, 0.6) is 5.88 Å². The molecular weight excluding hydrogens is 210 g/mol. The largest absolute Gasteiger partial charge is 0.474 e. The Balaban J connectivity index is 2.28. The molecule has 2 heteroatoms. The first-order valence-electron chi connectivity index (χ1n) is 6.21. The van der Waals surface area contributed by atoms with Crippen LogP contribution in [0.4, 0.5) is 0 Å². The minimum absolute atomic E-state index is 0.289. The van der Waals surface area contributed by atoms with Crippen molar-refractivity contribution in [2.45, 2.75) is 39.7 Å². The number of nitrogens with zero attached hydrogens (tertiary/aromatic N) is 1. The molecule has 1 aliphatic heterocycles. The van der Waals surface area contributed by atoms with Crippen molar-refractivity contribution in [2.75, 3.05) is 0 Å². The van der Waals surface area contributed by atoms with Gasteiger partial charge in [0.2, 0.25) is 5.88 Å². The lowest BCUT2D eigenvalue weighted by molar-refractivity contribution is 0.184. The van der Waals surface area contributed by atoms with Gasteiger partial charge < -0.3 is 4.74 Å². The molecule has 0 bridgehead atoms. The van der Waals surface area contributed by atoms with Crippen LogP contribution < -0.4 is 4.74 Å². The average Bonchev–Trinajstić information content (AvgIpc) is 2.30. The lowest BCUT2D eigenvalue weighted by Gasteiger charge is -2.24. The van der Waals surface area contributed by atoms with Crippen molar-refractivity contribution in [2.24, 2.45) is 0 Å². The molecule has 1 aliphatic rings. The molecule has 1 aromatic heterocycles. The molecular formula is C15H17NO. The summed E-state index contributed by atoms with van der Waals surface area (Å²) in [6.45, 7) is 6.41. The molecule has 1 atom stereocenters. The second-order valence-corrected chi connectivity index (χ2v) is 5.01. The molecule has 2 aromatic rings. The van der Waals surface area contributed by atoms with Crippen molar-refractivity contribution < 1.29 is 4.74 Å². The van der Waals surface area contributed by atoms with E-state index in [0.29, 0.717) is 0 Å². The monoisotopic (exact) mass is 227 g/mol. The molecule has 0 radical (unpaired) electrons. The maximum absolute atomic E-state index is 5.84. The van der Waals surface area contributed by atoms with Gasteiger partial charge in [-0.15, -0.1) is 0 Å². The molecule has 0 N–H and O–H groups in total. The molecule has 2 nitrogen and oxygen atoms in total. The number of ether oxygens (including phenoxy) is 1. The summed E-state index contributed by atoms with van der Waals surface area (Å²) in [5.74, 6) is 0.845. The highest BCUT2D eigenvalue weighted by atomic mass is 16.5. The van der Waals surface area contributed by atoms with Crippen LogP contribution in [0.3, 0.4) is 0 Å². The minimum Gasteiger partial charge on any atom is -0.474 e. The van der Waals surface area contributed by atoms with E-state index >= 15 is 0 Å². The molecule has 0 saturated heterocycles. The van der Waals surface area contributed by atoms with Gasteiger partial charge in [0, 0.05) is 10.9 Å². The quantitative estimate of drug-likeness (QED) is 0.686. The van der Waals surface area contributed by atoms with E-state index in [1.165, 1.54) is 22.1 Å². The standard InChI is InChI=1S/C15H17NO/c1-9-4-7-14-13(8-9)11(3)12-6-5-10(2)17-15(12)16-14/h4,7-8,10H,5-6H2,1-3H3. The summed E-state index contributed by atoms with van der Waals surface area (Å²) in [6, 6.07) is 6.41. The molecule has 0 spiro atoms. The molecule has 0 saturated carbocycles. The van der Waals surface area contributed by atoms with Gasteiger partial charge in [0.05, 0.1) is 11.6 Å². The Morgan fingerprint density at radius 1 is 1.29 bits per heavy atom. The fourth-order valence-electron chi connectivity index (χ4n) is 2.54. The summed E-state index contributed by atoms with van der Waals surface area (Å²) in [7, 11) is 0. The van der Waals surface area contributed by atoms with E-state index in [4.69, 9.17) is 4.74 Å². The van der Waals surface area contributed by atoms with Crippen molar-refractivity contribution in [3.8, 4) is 5.88 Å². The second-order valence-electron chi connectivity index (χ2n) is 5.01. The van der Waals surface area contributed by atoms with Crippen LogP contribution >= 0.6 is 0 Å². The third-order valence-corrected chi connectivity index (χ3v) is 3.60. The van der Waals surface area contributed by atoms with Crippen molar-refractivity contribution in [3.63, 3.8) is 0 Å². The molecule has 3 rings (SSSR count). The number of benzene rings is 1. The Bertz CT molecular complexity index is 589. The lowest BCUT2D eigenvalue weighted by atomic mass is 9.97. The number of fused-ring (bicyclic) bond motifs is 2. The van der Waals surface area contributed by atoms with Gasteiger partial charge in [-0.05, 0) is 51.3 Å². The maximum atomic E-state index is 5.84. The van der Waals surface area contributed by atoms with E-state index < -0.39 is 0 Å². The van der Waals surface area contributed by atoms with E-state index in [0.717, 1.165) is 24.2 Å². The van der Waals surface area contributed by atoms with Crippen molar-refractivity contribution in [3.05, 3.63) is 34.9 Å². The number of hydrogen-bond acceptors (Lipinski definition) is 2. The Morgan fingerprint density at radius 3 is 2.94 bits per heavy atom. The van der Waals surface area contributed by atoms with Crippen molar-refractivity contribution in [1.82, 2.24) is 4.98 Å². The van der Waals surface area contributed by atoms with E-state index in [1.54, 1.807) is 0 Å². The molecule has 0 amide bonds. The van der Waals surface area contributed by atoms with Crippen LogP contribution in [-0.2, 0) is 6.42 Å². The predicted octanol–water partition coefficient (Wildman–Crippen LogP) is 3.57. The predicted molar refractivity (Wildman–Crippen MR) is 69.6 cm³/mol. The maximum Gasteiger partial charge on any atom is 0.217 e. The Morgan fingerprint density at radius 2 is 2.12 bits per heavy atom. The molecule has 0 fully saturated rings. The fraction of sp³-hybridized carbons (Fsp3) is 0.400. The zero-order valence-electron chi connectivity index (χ0n) is 10.6. The van der Waals surface area contributed by atoms with Gasteiger partial charge in [-0.2, -0.15) is 0 Å². The summed E-state index contributed by atoms with van der Waals surface area (Å²) in [6.07, 6.45) is 2.46. The third kappa shape index (κ3) is 1.68. The molecule has 88 valence electrons. The number of rotatable bonds is 0. The number of hydrogen-bond donors (Lipinski definition) is 0. The molecule has 2 heterocycles. The molecule has 1 unspecified atom stereocenters. The molecule has 1 aromatic carbocycles. The first-order valence-corrected chi connectivity index (χ1v) is 6.21. The van der Waals surface area contributed by atoms with Gasteiger partial charge in [0.1, 0.15) is 0 Å². The zero-order valence-corrected chi connectivity index (χ0v) is 10.6. The summed E-state index contributed by atoms with van der Waals surface area (Å²) in [4.78, 5) is 4.65. The number of aromatic nitrogens is 1. The Hall–Kier alpha value is -1.57. The Labute approximate surface area is 102 Å². The van der Waals surface area contributed by atoms with Crippen molar-refractivity contribution >= 4 is 10.9 Å². The van der Waals surface area contributed by atoms with Gasteiger partial charge >= 0.3 is 0 Å². The minimum atomic E-state index is 0.289. The third-order valence-electron chi connectivity index (χ3n) is 3.60. The van der Waals surface area contributed by atoms with Crippen LogP contribution in [0.15, 0.2) is 18.2 Å². The summed E-state index contributed by atoms with van der Waals surface area (Å²) < 4.78 is 5.84. The van der Waals surface area contributed by atoms with E-state index in [9.17, 15) is 0 Å². The van der Waals surface area contributed by atoms with Gasteiger partial charge in [-0.25, -0.2) is 4.98 Å². The zero-order chi connectivity index (χ0) is 12.0. The van der Waals surface area contributed by atoms with Crippen LogP contribution in [0.1, 0.15) is 30.0 Å². The molecule has 0 aliphatic carbocycles. The summed E-state index contributed by atoms with van der Waals surface area (Å²) in [5.41, 5.74) is 4.95. The first kappa shape index (κ1) is 10.6. The second kappa shape index (κ2) is 3.73.